The molecule has 0 aliphatic heterocycles. The van der Waals surface area contributed by atoms with Crippen LogP contribution in [0, 0.1) is 12.7 Å². The number of thioether (sulfide) groups is 1. The summed E-state index contributed by atoms with van der Waals surface area (Å²) >= 11 is 1.41. The molecule has 0 aliphatic carbocycles. The molecule has 6 heteroatoms. The van der Waals surface area contributed by atoms with Crippen molar-refractivity contribution in [1.82, 2.24) is 10.2 Å². The highest BCUT2D eigenvalue weighted by molar-refractivity contribution is 7.98. The highest BCUT2D eigenvalue weighted by Crippen LogP contribution is 2.22. The number of hydrogen-bond acceptors (Lipinski definition) is 5. The maximum Gasteiger partial charge on any atom is 0.277 e. The molecule has 3 aromatic rings. The normalized spacial score (nSPS) is 10.7. The average molecular weight is 330 g/mol. The van der Waals surface area contributed by atoms with Gasteiger partial charge in [0.2, 0.25) is 0 Å². The van der Waals surface area contributed by atoms with E-state index in [4.69, 9.17) is 9.15 Å². The molecule has 0 saturated heterocycles. The van der Waals surface area contributed by atoms with Crippen LogP contribution < -0.4 is 4.74 Å². The van der Waals surface area contributed by atoms with E-state index in [1.54, 1.807) is 12.1 Å². The Morgan fingerprint density at radius 1 is 1.04 bits per heavy atom. The number of ether oxygens (including phenoxy) is 1. The molecule has 0 radical (unpaired) electrons. The van der Waals surface area contributed by atoms with Crippen LogP contribution in [-0.2, 0) is 12.4 Å². The second-order valence-electron chi connectivity index (χ2n) is 4.98. The van der Waals surface area contributed by atoms with Gasteiger partial charge in [0.05, 0.1) is 0 Å². The van der Waals surface area contributed by atoms with E-state index < -0.39 is 0 Å². The Morgan fingerprint density at radius 3 is 2.52 bits per heavy atom. The molecule has 0 amide bonds. The fourth-order valence-electron chi connectivity index (χ4n) is 1.86. The standard InChI is InChI=1S/C17H15FN2O2S/c1-12-2-8-15(9-3-12)21-10-16-19-20-17(22-16)23-11-13-4-6-14(18)7-5-13/h2-9H,10-11H2,1H3. The maximum absolute atomic E-state index is 12.8. The second kappa shape index (κ2) is 7.28. The molecule has 0 spiro atoms. The monoisotopic (exact) mass is 330 g/mol. The van der Waals surface area contributed by atoms with Crippen molar-refractivity contribution in [3.63, 3.8) is 0 Å². The van der Waals surface area contributed by atoms with Crippen LogP contribution in [0.3, 0.4) is 0 Å². The lowest BCUT2D eigenvalue weighted by Crippen LogP contribution is -1.95. The van der Waals surface area contributed by atoms with Gasteiger partial charge in [0.25, 0.3) is 11.1 Å². The molecule has 0 atom stereocenters. The number of hydrogen-bond donors (Lipinski definition) is 0. The number of aryl methyl sites for hydroxylation is 1. The lowest BCUT2D eigenvalue weighted by molar-refractivity contribution is 0.252. The van der Waals surface area contributed by atoms with Gasteiger partial charge in [-0.25, -0.2) is 4.39 Å². The van der Waals surface area contributed by atoms with E-state index >= 15 is 0 Å². The van der Waals surface area contributed by atoms with Crippen LogP contribution >= 0.6 is 11.8 Å². The molecule has 1 heterocycles. The zero-order chi connectivity index (χ0) is 16.1. The Morgan fingerprint density at radius 2 is 1.78 bits per heavy atom. The molecule has 1 aromatic heterocycles. The first-order chi connectivity index (χ1) is 11.2. The predicted molar refractivity (Wildman–Crippen MR) is 85.8 cm³/mol. The zero-order valence-electron chi connectivity index (χ0n) is 12.5. The molecular weight excluding hydrogens is 315 g/mol. The van der Waals surface area contributed by atoms with Crippen LogP contribution in [0.1, 0.15) is 17.0 Å². The van der Waals surface area contributed by atoms with Crippen LogP contribution in [0.25, 0.3) is 0 Å². The number of halogens is 1. The first-order valence-electron chi connectivity index (χ1n) is 7.08. The van der Waals surface area contributed by atoms with Crippen molar-refractivity contribution in [3.8, 4) is 5.75 Å². The molecule has 4 nitrogen and oxygen atoms in total. The Labute approximate surface area is 137 Å². The summed E-state index contributed by atoms with van der Waals surface area (Å²) in [6.07, 6.45) is 0. The molecule has 118 valence electrons. The van der Waals surface area contributed by atoms with Gasteiger partial charge in [-0.15, -0.1) is 10.2 Å². The summed E-state index contributed by atoms with van der Waals surface area (Å²) in [6, 6.07) is 14.1. The van der Waals surface area contributed by atoms with Gasteiger partial charge in [-0.2, -0.15) is 0 Å². The van der Waals surface area contributed by atoms with Crippen molar-refractivity contribution in [3.05, 3.63) is 71.4 Å². The second-order valence-corrected chi connectivity index (χ2v) is 5.91. The summed E-state index contributed by atoms with van der Waals surface area (Å²) in [7, 11) is 0. The van der Waals surface area contributed by atoms with Crippen molar-refractivity contribution in [2.24, 2.45) is 0 Å². The SMILES string of the molecule is Cc1ccc(OCc2nnc(SCc3ccc(F)cc3)o2)cc1. The third-order valence-electron chi connectivity index (χ3n) is 3.11. The predicted octanol–water partition coefficient (Wildman–Crippen LogP) is 4.39. The summed E-state index contributed by atoms with van der Waals surface area (Å²) in [5.74, 6) is 1.58. The largest absolute Gasteiger partial charge is 0.484 e. The van der Waals surface area contributed by atoms with Crippen molar-refractivity contribution in [2.45, 2.75) is 24.5 Å². The summed E-state index contributed by atoms with van der Waals surface area (Å²) in [4.78, 5) is 0. The molecule has 0 fully saturated rings. The van der Waals surface area contributed by atoms with Gasteiger partial charge in [0.15, 0.2) is 6.61 Å². The molecule has 2 aromatic carbocycles. The van der Waals surface area contributed by atoms with Crippen LogP contribution in [-0.4, -0.2) is 10.2 Å². The number of rotatable bonds is 6. The third kappa shape index (κ3) is 4.56. The summed E-state index contributed by atoms with van der Waals surface area (Å²) in [6.45, 7) is 2.25. The molecule has 0 N–H and O–H groups in total. The minimum Gasteiger partial charge on any atom is -0.484 e. The fourth-order valence-corrected chi connectivity index (χ4v) is 2.60. The lowest BCUT2D eigenvalue weighted by atomic mass is 10.2. The quantitative estimate of drug-likeness (QED) is 0.627. The first-order valence-corrected chi connectivity index (χ1v) is 8.07. The van der Waals surface area contributed by atoms with Gasteiger partial charge in [-0.05, 0) is 36.8 Å². The van der Waals surface area contributed by atoms with Gasteiger partial charge in [-0.3, -0.25) is 0 Å². The fraction of sp³-hybridized carbons (Fsp3) is 0.176. The Hall–Kier alpha value is -2.34. The van der Waals surface area contributed by atoms with E-state index in [1.807, 2.05) is 31.2 Å². The van der Waals surface area contributed by atoms with Crippen molar-refractivity contribution < 1.29 is 13.5 Å². The van der Waals surface area contributed by atoms with Crippen molar-refractivity contribution in [2.75, 3.05) is 0 Å². The molecule has 23 heavy (non-hydrogen) atoms. The summed E-state index contributed by atoms with van der Waals surface area (Å²) < 4.78 is 23.9. The first kappa shape index (κ1) is 15.6. The third-order valence-corrected chi connectivity index (χ3v) is 4.00. The Bertz CT molecular complexity index is 693. The van der Waals surface area contributed by atoms with E-state index in [1.165, 1.54) is 29.5 Å². The number of benzene rings is 2. The summed E-state index contributed by atoms with van der Waals surface area (Å²) in [5.41, 5.74) is 2.17. The molecule has 3 rings (SSSR count). The van der Waals surface area contributed by atoms with Crippen LogP contribution in [0.4, 0.5) is 4.39 Å². The van der Waals surface area contributed by atoms with E-state index in [0.29, 0.717) is 16.9 Å². The van der Waals surface area contributed by atoms with Crippen molar-refractivity contribution in [1.29, 1.82) is 0 Å². The van der Waals surface area contributed by atoms with Crippen LogP contribution in [0.5, 0.6) is 5.75 Å². The molecule has 0 aliphatic rings. The minimum absolute atomic E-state index is 0.229. The highest BCUT2D eigenvalue weighted by Gasteiger charge is 2.08. The topological polar surface area (TPSA) is 48.2 Å². The van der Waals surface area contributed by atoms with E-state index in [0.717, 1.165) is 11.3 Å². The van der Waals surface area contributed by atoms with Gasteiger partial charge < -0.3 is 9.15 Å². The zero-order valence-corrected chi connectivity index (χ0v) is 13.3. The van der Waals surface area contributed by atoms with Gasteiger partial charge in [0.1, 0.15) is 11.6 Å². The van der Waals surface area contributed by atoms with Gasteiger partial charge in [-0.1, -0.05) is 41.6 Å². The molecule has 0 unspecified atom stereocenters. The Kier molecular flexibility index (Phi) is 4.92. The smallest absolute Gasteiger partial charge is 0.277 e. The van der Waals surface area contributed by atoms with E-state index in [9.17, 15) is 4.39 Å². The maximum atomic E-state index is 12.8. The minimum atomic E-state index is -0.243. The van der Waals surface area contributed by atoms with E-state index in [-0.39, 0.29) is 12.4 Å². The van der Waals surface area contributed by atoms with Gasteiger partial charge in [0, 0.05) is 5.75 Å². The summed E-state index contributed by atoms with van der Waals surface area (Å²) in [5, 5.41) is 8.39. The molecule has 0 bridgehead atoms. The number of aromatic nitrogens is 2. The van der Waals surface area contributed by atoms with E-state index in [2.05, 4.69) is 10.2 Å². The average Bonchev–Trinajstić information content (AvgIpc) is 3.02. The van der Waals surface area contributed by atoms with Crippen LogP contribution in [0.15, 0.2) is 58.2 Å². The van der Waals surface area contributed by atoms with Crippen molar-refractivity contribution >= 4 is 11.8 Å². The molecular formula is C17H15FN2O2S. The molecule has 0 saturated carbocycles. The highest BCUT2D eigenvalue weighted by atomic mass is 32.2. The van der Waals surface area contributed by atoms with Crippen LogP contribution in [0.2, 0.25) is 0 Å². The van der Waals surface area contributed by atoms with Gasteiger partial charge >= 0.3 is 0 Å². The number of nitrogens with zero attached hydrogens (tertiary/aromatic N) is 2. The Balaban J connectivity index is 1.51. The lowest BCUT2D eigenvalue weighted by Gasteiger charge is -2.02.